The van der Waals surface area contributed by atoms with E-state index in [-0.39, 0.29) is 48.5 Å². The monoisotopic (exact) mass is 447 g/mol. The fourth-order valence-corrected chi connectivity index (χ4v) is 2.97. The topological polar surface area (TPSA) is 77.2 Å². The number of carbonyl (C=O) groups excluding carboxylic acids is 1. The van der Waals surface area contributed by atoms with Gasteiger partial charge >= 0.3 is 6.18 Å². The van der Waals surface area contributed by atoms with E-state index in [1.807, 2.05) is 0 Å². The minimum atomic E-state index is -4.20. The van der Waals surface area contributed by atoms with E-state index in [9.17, 15) is 22.4 Å². The van der Waals surface area contributed by atoms with E-state index in [4.69, 9.17) is 20.8 Å². The third kappa shape index (κ3) is 5.50. The Balaban J connectivity index is 1.38. The lowest BCUT2D eigenvalue weighted by atomic mass is 9.74. The van der Waals surface area contributed by atoms with Crippen LogP contribution in [-0.2, 0) is 4.79 Å². The Labute approximate surface area is 174 Å². The fourth-order valence-electron chi connectivity index (χ4n) is 2.86. The molecule has 2 aromatic rings. The van der Waals surface area contributed by atoms with Gasteiger partial charge in [0.15, 0.2) is 6.61 Å². The zero-order valence-electron chi connectivity index (χ0n) is 15.6. The molecule has 1 aliphatic rings. The first-order chi connectivity index (χ1) is 14.1. The molecule has 0 radical (unpaired) electrons. The third-order valence-electron chi connectivity index (χ3n) is 4.70. The first kappa shape index (κ1) is 22.1. The zero-order chi connectivity index (χ0) is 21.9. The maximum absolute atomic E-state index is 13.3. The molecule has 1 fully saturated rings. The summed E-state index contributed by atoms with van der Waals surface area (Å²) in [6.45, 7) is 3.67. The molecule has 11 heteroatoms. The molecule has 1 heterocycles. The molecule has 1 aromatic carbocycles. The number of carbonyl (C=O) groups is 1. The van der Waals surface area contributed by atoms with Gasteiger partial charge in [-0.05, 0) is 31.4 Å². The van der Waals surface area contributed by atoms with Crippen LogP contribution >= 0.6 is 11.6 Å². The second-order valence-corrected chi connectivity index (χ2v) is 7.33. The first-order valence-corrected chi connectivity index (χ1v) is 9.44. The molecule has 3 rings (SSSR count). The van der Waals surface area contributed by atoms with Crippen LogP contribution in [0.1, 0.15) is 37.0 Å². The van der Waals surface area contributed by atoms with Gasteiger partial charge < -0.3 is 14.5 Å². The number of alkyl halides is 3. The molecule has 0 aliphatic heterocycles. The predicted molar refractivity (Wildman–Crippen MR) is 99.4 cm³/mol. The molecule has 0 unspecified atom stereocenters. The van der Waals surface area contributed by atoms with E-state index >= 15 is 0 Å². The van der Waals surface area contributed by atoms with Crippen molar-refractivity contribution in [1.82, 2.24) is 15.5 Å². The van der Waals surface area contributed by atoms with Crippen molar-refractivity contribution in [2.24, 2.45) is 5.92 Å². The maximum Gasteiger partial charge on any atom is 0.391 e. The number of hydrogen-bond donors (Lipinski definition) is 1. The van der Waals surface area contributed by atoms with Crippen LogP contribution in [0.4, 0.5) is 17.6 Å². The van der Waals surface area contributed by atoms with Crippen LogP contribution in [-0.4, -0.2) is 35.4 Å². The van der Waals surface area contributed by atoms with Crippen LogP contribution in [0.15, 0.2) is 29.2 Å². The highest BCUT2D eigenvalue weighted by Crippen LogP contribution is 2.49. The van der Waals surface area contributed by atoms with Crippen molar-refractivity contribution >= 4 is 23.1 Å². The van der Waals surface area contributed by atoms with Gasteiger partial charge in [0.25, 0.3) is 5.91 Å². The molecule has 1 amide bonds. The summed E-state index contributed by atoms with van der Waals surface area (Å²) in [5, 5.41) is 10.2. The summed E-state index contributed by atoms with van der Waals surface area (Å²) in [4.78, 5) is 11.8. The molecular formula is C19H18ClF4N3O3. The van der Waals surface area contributed by atoms with Crippen molar-refractivity contribution in [2.45, 2.75) is 31.4 Å². The number of nitrogens with zero attached hydrogens (tertiary/aromatic N) is 2. The number of amides is 1. The Morgan fingerprint density at radius 1 is 1.33 bits per heavy atom. The lowest BCUT2D eigenvalue weighted by molar-refractivity contribution is -0.198. The molecule has 1 aromatic heterocycles. The number of halogens is 5. The van der Waals surface area contributed by atoms with Crippen molar-refractivity contribution < 1.29 is 31.5 Å². The highest BCUT2D eigenvalue weighted by molar-refractivity contribution is 6.30. The Bertz CT molecular complexity index is 926. The van der Waals surface area contributed by atoms with Crippen molar-refractivity contribution in [1.29, 1.82) is 0 Å². The minimum absolute atomic E-state index is 0.0491. The average molecular weight is 448 g/mol. The molecular weight excluding hydrogens is 430 g/mol. The highest BCUT2D eigenvalue weighted by Gasteiger charge is 2.49. The van der Waals surface area contributed by atoms with Gasteiger partial charge in [-0.3, -0.25) is 4.79 Å². The predicted octanol–water partition coefficient (Wildman–Crippen LogP) is 4.52. The number of rotatable bonds is 8. The molecule has 162 valence electrons. The molecule has 30 heavy (non-hydrogen) atoms. The number of ether oxygens (including phenoxy) is 1. The van der Waals surface area contributed by atoms with Gasteiger partial charge in [-0.1, -0.05) is 18.2 Å². The Morgan fingerprint density at radius 3 is 2.73 bits per heavy atom. The van der Waals surface area contributed by atoms with Crippen LogP contribution in [0.5, 0.6) is 5.75 Å². The van der Waals surface area contributed by atoms with Gasteiger partial charge in [0.05, 0.1) is 10.9 Å². The largest absolute Gasteiger partial charge is 0.484 e. The number of nitrogens with one attached hydrogen (secondary N) is 1. The van der Waals surface area contributed by atoms with E-state index in [0.717, 1.165) is 6.07 Å². The minimum Gasteiger partial charge on any atom is -0.484 e. The second kappa shape index (κ2) is 9.03. The van der Waals surface area contributed by atoms with Crippen LogP contribution in [0.3, 0.4) is 0 Å². The van der Waals surface area contributed by atoms with Crippen LogP contribution < -0.4 is 10.1 Å². The van der Waals surface area contributed by atoms with E-state index in [0.29, 0.717) is 12.0 Å². The van der Waals surface area contributed by atoms with Gasteiger partial charge in [-0.2, -0.15) is 13.2 Å². The standard InChI is InChI=1S/C19H18ClF4N3O3/c1-10(17-26-27-18(30-17)11-6-12(7-11)19(22,23)24)4-5-25-16(28)9-29-13-2-3-14(20)15(21)8-13/h2-3,8,11-12H,1,4-7,9H2,(H,25,28)/t11-,12+. The number of hydrogen-bond acceptors (Lipinski definition) is 5. The zero-order valence-corrected chi connectivity index (χ0v) is 16.4. The molecule has 0 saturated heterocycles. The first-order valence-electron chi connectivity index (χ1n) is 9.06. The quantitative estimate of drug-likeness (QED) is 0.602. The fraction of sp³-hybridized carbons (Fsp3) is 0.421. The summed E-state index contributed by atoms with van der Waals surface area (Å²) < 4.78 is 61.6. The smallest absolute Gasteiger partial charge is 0.391 e. The second-order valence-electron chi connectivity index (χ2n) is 6.92. The van der Waals surface area contributed by atoms with Crippen LogP contribution in [0.2, 0.25) is 5.02 Å². The highest BCUT2D eigenvalue weighted by atomic mass is 35.5. The molecule has 1 aliphatic carbocycles. The van der Waals surface area contributed by atoms with Crippen LogP contribution in [0.25, 0.3) is 5.57 Å². The summed E-state index contributed by atoms with van der Waals surface area (Å²) in [6, 6.07) is 3.83. The maximum atomic E-state index is 13.3. The average Bonchev–Trinajstić information content (AvgIpc) is 3.10. The van der Waals surface area contributed by atoms with Crippen molar-refractivity contribution in [3.05, 3.63) is 47.4 Å². The van der Waals surface area contributed by atoms with E-state index < -0.39 is 29.7 Å². The summed E-state index contributed by atoms with van der Waals surface area (Å²) in [5.41, 5.74) is 0.446. The third-order valence-corrected chi connectivity index (χ3v) is 5.01. The number of benzene rings is 1. The molecule has 0 atom stereocenters. The van der Waals surface area contributed by atoms with Gasteiger partial charge in [0.2, 0.25) is 11.8 Å². The SMILES string of the molecule is C=C(CCNC(=O)COc1ccc(Cl)c(F)c1)c1nnc([C@H]2C[C@@H](C(F)(F)F)C2)o1. The lowest BCUT2D eigenvalue weighted by Gasteiger charge is -2.34. The normalized spacial score (nSPS) is 18.6. The summed E-state index contributed by atoms with van der Waals surface area (Å²) >= 11 is 5.57. The van der Waals surface area contributed by atoms with E-state index in [1.54, 1.807) is 0 Å². The van der Waals surface area contributed by atoms with Crippen LogP contribution in [0, 0.1) is 11.7 Å². The Hall–Kier alpha value is -2.62. The van der Waals surface area contributed by atoms with Crippen molar-refractivity contribution in [3.63, 3.8) is 0 Å². The Morgan fingerprint density at radius 2 is 2.07 bits per heavy atom. The molecule has 1 N–H and O–H groups in total. The summed E-state index contributed by atoms with van der Waals surface area (Å²) in [6.07, 6.45) is -4.04. The molecule has 6 nitrogen and oxygen atoms in total. The van der Waals surface area contributed by atoms with E-state index in [1.165, 1.54) is 12.1 Å². The van der Waals surface area contributed by atoms with Gasteiger partial charge in [0.1, 0.15) is 11.6 Å². The van der Waals surface area contributed by atoms with Gasteiger partial charge in [0, 0.05) is 24.1 Å². The van der Waals surface area contributed by atoms with Crippen molar-refractivity contribution in [3.8, 4) is 5.75 Å². The van der Waals surface area contributed by atoms with Crippen molar-refractivity contribution in [2.75, 3.05) is 13.2 Å². The van der Waals surface area contributed by atoms with E-state index in [2.05, 4.69) is 22.1 Å². The summed E-state index contributed by atoms with van der Waals surface area (Å²) in [7, 11) is 0. The summed E-state index contributed by atoms with van der Waals surface area (Å²) in [5.74, 6) is -2.36. The van der Waals surface area contributed by atoms with Gasteiger partial charge in [-0.15, -0.1) is 10.2 Å². The Kier molecular flexibility index (Phi) is 6.64. The lowest BCUT2D eigenvalue weighted by Crippen LogP contribution is -2.34. The van der Waals surface area contributed by atoms with Gasteiger partial charge in [-0.25, -0.2) is 4.39 Å². The molecule has 0 bridgehead atoms. The molecule has 0 spiro atoms. The number of aromatic nitrogens is 2. The molecule has 1 saturated carbocycles.